The summed E-state index contributed by atoms with van der Waals surface area (Å²) >= 11 is 0. The van der Waals surface area contributed by atoms with Crippen molar-refractivity contribution >= 4 is 41.3 Å². The van der Waals surface area contributed by atoms with Gasteiger partial charge in [0.15, 0.2) is 5.41 Å². The summed E-state index contributed by atoms with van der Waals surface area (Å²) in [5, 5.41) is 7.77. The van der Waals surface area contributed by atoms with Gasteiger partial charge >= 0.3 is 6.18 Å². The molecule has 0 saturated heterocycles. The summed E-state index contributed by atoms with van der Waals surface area (Å²) < 4.78 is 41.4. The molecule has 3 aromatic carbocycles. The third kappa shape index (κ3) is 4.13. The smallest absolute Gasteiger partial charge is 0.312 e. The molecule has 1 N–H and O–H groups in total. The number of nitrogens with zero attached hydrogens (tertiary/aromatic N) is 3. The summed E-state index contributed by atoms with van der Waals surface area (Å²) in [5.74, 6) is -1.39. The van der Waals surface area contributed by atoms with E-state index >= 15 is 0 Å². The van der Waals surface area contributed by atoms with Crippen molar-refractivity contribution in [1.82, 2.24) is 0 Å². The lowest BCUT2D eigenvalue weighted by Gasteiger charge is -2.32. The fourth-order valence-electron chi connectivity index (χ4n) is 5.72. The highest BCUT2D eigenvalue weighted by Gasteiger charge is 2.57. The van der Waals surface area contributed by atoms with E-state index < -0.39 is 29.0 Å². The Balaban J connectivity index is 1.76. The van der Waals surface area contributed by atoms with Gasteiger partial charge in [-0.25, -0.2) is 0 Å². The Morgan fingerprint density at radius 2 is 1.77 bits per heavy atom. The van der Waals surface area contributed by atoms with Crippen LogP contribution in [0.4, 0.5) is 30.2 Å². The van der Waals surface area contributed by atoms with Crippen molar-refractivity contribution in [2.75, 3.05) is 23.4 Å². The highest BCUT2D eigenvalue weighted by Crippen LogP contribution is 2.50. The van der Waals surface area contributed by atoms with E-state index in [-0.39, 0.29) is 30.3 Å². The molecule has 0 fully saturated rings. The van der Waals surface area contributed by atoms with Gasteiger partial charge in [0.1, 0.15) is 0 Å². The molecular formula is C30H27F3N4O2. The maximum Gasteiger partial charge on any atom is 0.416 e. The molecule has 1 aliphatic heterocycles. The van der Waals surface area contributed by atoms with Gasteiger partial charge in [0, 0.05) is 31.7 Å². The number of aliphatic imine (C=N–C) groups is 1. The maximum absolute atomic E-state index is 14.6. The Morgan fingerprint density at radius 3 is 2.41 bits per heavy atom. The molecule has 1 spiro atoms. The molecule has 2 unspecified atom stereocenters. The number of fused-ring (bicyclic) bond motifs is 3. The quantitative estimate of drug-likeness (QED) is 0.321. The number of carbonyl (C=O) groups excluding carboxylic acids is 2. The van der Waals surface area contributed by atoms with E-state index in [4.69, 9.17) is 5.41 Å². The highest BCUT2D eigenvalue weighted by atomic mass is 19.4. The molecule has 0 aromatic heterocycles. The standard InChI is InChI=1S/C30H27F3N4O2/c1-3-36-25-12-10-22(30(31,32)33)16-26(25)37(23-7-5-4-6-8-23)28(39)29(27(36)38)14-13-20-15-19(9-11-24(20)29)21(17-34)18-35-2/h4-12,15-18,21,34H,3,13-14H2,1-2H3. The van der Waals surface area contributed by atoms with E-state index in [0.717, 1.165) is 23.3 Å². The van der Waals surface area contributed by atoms with Crippen molar-refractivity contribution < 1.29 is 22.8 Å². The number of anilines is 3. The fraction of sp³-hybridized carbons (Fsp3) is 0.267. The van der Waals surface area contributed by atoms with Gasteiger partial charge in [-0.05, 0) is 66.8 Å². The molecule has 2 atom stereocenters. The van der Waals surface area contributed by atoms with Crippen LogP contribution in [-0.2, 0) is 27.6 Å². The first-order chi connectivity index (χ1) is 18.7. The predicted molar refractivity (Wildman–Crippen MR) is 145 cm³/mol. The number of likely N-dealkylation sites (N-methyl/N-ethyl adjacent to an activating group) is 1. The summed E-state index contributed by atoms with van der Waals surface area (Å²) in [6.07, 6.45) is -1.10. The molecular weight excluding hydrogens is 505 g/mol. The number of amides is 2. The molecule has 2 amide bonds. The van der Waals surface area contributed by atoms with Crippen LogP contribution in [-0.4, -0.2) is 37.8 Å². The minimum Gasteiger partial charge on any atom is -0.312 e. The molecule has 1 aliphatic carbocycles. The second-order valence-electron chi connectivity index (χ2n) is 9.65. The molecule has 1 heterocycles. The Hall–Kier alpha value is -4.27. The maximum atomic E-state index is 14.6. The summed E-state index contributed by atoms with van der Waals surface area (Å²) in [6.45, 7) is 1.92. The Labute approximate surface area is 224 Å². The van der Waals surface area contributed by atoms with E-state index in [1.807, 2.05) is 6.07 Å². The van der Waals surface area contributed by atoms with E-state index in [9.17, 15) is 22.8 Å². The third-order valence-corrected chi connectivity index (χ3v) is 7.58. The van der Waals surface area contributed by atoms with E-state index in [1.165, 1.54) is 22.1 Å². The van der Waals surface area contributed by atoms with Crippen molar-refractivity contribution in [2.24, 2.45) is 4.99 Å². The zero-order chi connectivity index (χ0) is 27.9. The summed E-state index contributed by atoms with van der Waals surface area (Å²) in [5.41, 5.74) is 0.278. The van der Waals surface area contributed by atoms with Gasteiger partial charge in [0.25, 0.3) is 5.91 Å². The molecule has 2 aliphatic rings. The zero-order valence-electron chi connectivity index (χ0n) is 21.5. The summed E-state index contributed by atoms with van der Waals surface area (Å²) in [7, 11) is 1.63. The van der Waals surface area contributed by atoms with Crippen LogP contribution in [0, 0.1) is 5.41 Å². The number of hydrogen-bond acceptors (Lipinski definition) is 4. The van der Waals surface area contributed by atoms with Crippen molar-refractivity contribution in [2.45, 2.75) is 37.3 Å². The molecule has 6 nitrogen and oxygen atoms in total. The van der Waals surface area contributed by atoms with Crippen molar-refractivity contribution in [1.29, 1.82) is 5.41 Å². The average Bonchev–Trinajstić information content (AvgIpc) is 3.29. The van der Waals surface area contributed by atoms with E-state index in [0.29, 0.717) is 17.7 Å². The van der Waals surface area contributed by atoms with Gasteiger partial charge in [-0.2, -0.15) is 13.2 Å². The van der Waals surface area contributed by atoms with Gasteiger partial charge in [-0.1, -0.05) is 36.4 Å². The number of alkyl halides is 3. The molecule has 3 aromatic rings. The number of halogens is 3. The first-order valence-corrected chi connectivity index (χ1v) is 12.7. The van der Waals surface area contributed by atoms with Crippen molar-refractivity contribution in [3.8, 4) is 0 Å². The molecule has 9 heteroatoms. The minimum absolute atomic E-state index is 0.0150. The molecule has 39 heavy (non-hydrogen) atoms. The largest absolute Gasteiger partial charge is 0.416 e. The lowest BCUT2D eigenvalue weighted by Crippen LogP contribution is -2.53. The second-order valence-corrected chi connectivity index (χ2v) is 9.65. The number of carbonyl (C=O) groups is 2. The number of hydrogen-bond donors (Lipinski definition) is 1. The van der Waals surface area contributed by atoms with Crippen LogP contribution >= 0.6 is 0 Å². The van der Waals surface area contributed by atoms with Crippen LogP contribution in [0.1, 0.15) is 41.5 Å². The van der Waals surface area contributed by atoms with Gasteiger partial charge in [0.2, 0.25) is 5.91 Å². The Kier molecular flexibility index (Phi) is 6.62. The van der Waals surface area contributed by atoms with Crippen LogP contribution in [0.2, 0.25) is 0 Å². The lowest BCUT2D eigenvalue weighted by molar-refractivity contribution is -0.138. The topological polar surface area (TPSA) is 76.8 Å². The number of benzene rings is 3. The fourth-order valence-corrected chi connectivity index (χ4v) is 5.72. The average molecular weight is 533 g/mol. The third-order valence-electron chi connectivity index (χ3n) is 7.58. The van der Waals surface area contributed by atoms with Gasteiger partial charge < -0.3 is 10.3 Å². The summed E-state index contributed by atoms with van der Waals surface area (Å²) in [6, 6.07) is 17.1. The van der Waals surface area contributed by atoms with Crippen LogP contribution in [0.25, 0.3) is 0 Å². The second kappa shape index (κ2) is 9.80. The first-order valence-electron chi connectivity index (χ1n) is 12.7. The molecule has 0 radical (unpaired) electrons. The Morgan fingerprint density at radius 1 is 1.03 bits per heavy atom. The van der Waals surface area contributed by atoms with E-state index in [2.05, 4.69) is 4.99 Å². The van der Waals surface area contributed by atoms with Crippen molar-refractivity contribution in [3.05, 3.63) is 89.0 Å². The SMILES string of the molecule is CCN1C(=O)C2(CCc3cc(C(C=N)C=NC)ccc32)C(=O)N(c2ccccc2)c2cc(C(F)(F)F)ccc21. The number of para-hydroxylation sites is 1. The van der Waals surface area contributed by atoms with Gasteiger partial charge in [-0.15, -0.1) is 0 Å². The number of nitrogens with one attached hydrogen (secondary N) is 1. The summed E-state index contributed by atoms with van der Waals surface area (Å²) in [4.78, 5) is 35.7. The van der Waals surface area contributed by atoms with Crippen LogP contribution in [0.3, 0.4) is 0 Å². The molecule has 0 saturated carbocycles. The highest BCUT2D eigenvalue weighted by molar-refractivity contribution is 6.27. The normalized spacial score (nSPS) is 19.8. The molecule has 5 rings (SSSR count). The number of rotatable bonds is 5. The first kappa shape index (κ1) is 26.3. The van der Waals surface area contributed by atoms with Gasteiger partial charge in [0.05, 0.1) is 22.9 Å². The number of aryl methyl sites for hydroxylation is 1. The zero-order valence-corrected chi connectivity index (χ0v) is 21.5. The van der Waals surface area contributed by atoms with Crippen LogP contribution in [0.15, 0.2) is 71.7 Å². The monoisotopic (exact) mass is 532 g/mol. The predicted octanol–water partition coefficient (Wildman–Crippen LogP) is 6.05. The Bertz CT molecular complexity index is 1490. The molecule has 0 bridgehead atoms. The van der Waals surface area contributed by atoms with E-state index in [1.54, 1.807) is 62.7 Å². The minimum atomic E-state index is -4.63. The van der Waals surface area contributed by atoms with Gasteiger partial charge in [-0.3, -0.25) is 19.5 Å². The van der Waals surface area contributed by atoms with Crippen LogP contribution in [0.5, 0.6) is 0 Å². The lowest BCUT2D eigenvalue weighted by atomic mass is 9.78. The van der Waals surface area contributed by atoms with Crippen molar-refractivity contribution in [3.63, 3.8) is 0 Å². The van der Waals surface area contributed by atoms with Crippen LogP contribution < -0.4 is 9.80 Å². The molecule has 200 valence electrons.